The highest BCUT2D eigenvalue weighted by atomic mass is 35.5. The van der Waals surface area contributed by atoms with Gasteiger partial charge in [-0.15, -0.1) is 0 Å². The molecule has 0 unspecified atom stereocenters. The first-order chi connectivity index (χ1) is 13.2. The molecule has 7 nitrogen and oxygen atoms in total. The van der Waals surface area contributed by atoms with Crippen LogP contribution in [0.4, 0.5) is 5.69 Å². The van der Waals surface area contributed by atoms with Gasteiger partial charge in [-0.1, -0.05) is 24.6 Å². The number of halogens is 1. The van der Waals surface area contributed by atoms with E-state index in [-0.39, 0.29) is 27.6 Å². The van der Waals surface area contributed by atoms with Crippen molar-refractivity contribution >= 4 is 33.0 Å². The van der Waals surface area contributed by atoms with Crippen LogP contribution in [0.25, 0.3) is 5.69 Å². The zero-order valence-electron chi connectivity index (χ0n) is 15.2. The molecule has 2 aromatic carbocycles. The predicted molar refractivity (Wildman–Crippen MR) is 107 cm³/mol. The molecule has 2 N–H and O–H groups in total. The number of benzene rings is 2. The minimum Gasteiger partial charge on any atom is -0.506 e. The Bertz CT molecular complexity index is 1160. The lowest BCUT2D eigenvalue weighted by molar-refractivity contribution is 0.102. The molecule has 28 heavy (non-hydrogen) atoms. The Labute approximate surface area is 167 Å². The second-order valence-electron chi connectivity index (χ2n) is 6.07. The Balaban J connectivity index is 1.92. The quantitative estimate of drug-likeness (QED) is 0.615. The van der Waals surface area contributed by atoms with Gasteiger partial charge in [-0.2, -0.15) is 5.10 Å². The van der Waals surface area contributed by atoms with Crippen molar-refractivity contribution in [1.82, 2.24) is 9.78 Å². The molecule has 0 fully saturated rings. The number of aromatic hydroxyl groups is 1. The number of carbonyl (C=O) groups is 1. The number of hydrogen-bond acceptors (Lipinski definition) is 5. The summed E-state index contributed by atoms with van der Waals surface area (Å²) in [7, 11) is -3.47. The van der Waals surface area contributed by atoms with Gasteiger partial charge in [0.1, 0.15) is 5.75 Å². The van der Waals surface area contributed by atoms with E-state index >= 15 is 0 Å². The molecule has 0 radical (unpaired) electrons. The summed E-state index contributed by atoms with van der Waals surface area (Å²) >= 11 is 6.01. The van der Waals surface area contributed by atoms with Gasteiger partial charge in [0.15, 0.2) is 9.84 Å². The number of sulfone groups is 1. The maximum Gasteiger partial charge on any atom is 0.259 e. The summed E-state index contributed by atoms with van der Waals surface area (Å²) in [4.78, 5) is 12.7. The molecule has 1 heterocycles. The molecule has 0 spiro atoms. The monoisotopic (exact) mass is 419 g/mol. The fourth-order valence-corrected chi connectivity index (χ4v) is 3.76. The zero-order chi connectivity index (χ0) is 20.5. The number of nitrogens with zero attached hydrogens (tertiary/aromatic N) is 2. The fourth-order valence-electron chi connectivity index (χ4n) is 2.67. The molecule has 9 heteroatoms. The van der Waals surface area contributed by atoms with E-state index in [1.807, 2.05) is 0 Å². The minimum atomic E-state index is -3.47. The van der Waals surface area contributed by atoms with Crippen molar-refractivity contribution < 1.29 is 18.3 Å². The molecule has 3 rings (SSSR count). The van der Waals surface area contributed by atoms with Crippen LogP contribution in [0.1, 0.15) is 23.0 Å². The molecule has 0 atom stereocenters. The van der Waals surface area contributed by atoms with Crippen LogP contribution in [0.5, 0.6) is 5.75 Å². The van der Waals surface area contributed by atoms with Crippen molar-refractivity contribution in [3.05, 3.63) is 64.9 Å². The van der Waals surface area contributed by atoms with Crippen LogP contribution < -0.4 is 5.32 Å². The molecule has 0 aliphatic rings. The van der Waals surface area contributed by atoms with E-state index in [1.165, 1.54) is 31.3 Å². The number of nitrogens with one attached hydrogen (secondary N) is 1. The first kappa shape index (κ1) is 19.9. The van der Waals surface area contributed by atoms with E-state index in [9.17, 15) is 18.3 Å². The lowest BCUT2D eigenvalue weighted by atomic mass is 10.2. The number of anilines is 1. The largest absolute Gasteiger partial charge is 0.506 e. The third kappa shape index (κ3) is 3.88. The van der Waals surface area contributed by atoms with Gasteiger partial charge in [-0.25, -0.2) is 13.1 Å². The van der Waals surface area contributed by atoms with Crippen LogP contribution in [-0.2, 0) is 9.84 Å². The van der Waals surface area contributed by atoms with Gasteiger partial charge in [0.05, 0.1) is 39.5 Å². The van der Waals surface area contributed by atoms with Crippen molar-refractivity contribution in [3.63, 3.8) is 0 Å². The molecular formula is C19H18ClN3O4S. The van der Waals surface area contributed by atoms with Gasteiger partial charge in [0, 0.05) is 5.02 Å². The van der Waals surface area contributed by atoms with Gasteiger partial charge in [-0.3, -0.25) is 4.79 Å². The van der Waals surface area contributed by atoms with Gasteiger partial charge in [0.25, 0.3) is 5.91 Å². The lowest BCUT2D eigenvalue weighted by Crippen LogP contribution is -2.14. The third-order valence-corrected chi connectivity index (χ3v) is 6.23. The van der Waals surface area contributed by atoms with Crippen molar-refractivity contribution in [2.75, 3.05) is 11.1 Å². The summed E-state index contributed by atoms with van der Waals surface area (Å²) in [5, 5.41) is 17.3. The smallest absolute Gasteiger partial charge is 0.259 e. The van der Waals surface area contributed by atoms with Gasteiger partial charge in [-0.05, 0) is 43.3 Å². The molecule has 0 bridgehead atoms. The van der Waals surface area contributed by atoms with E-state index in [2.05, 4.69) is 10.4 Å². The van der Waals surface area contributed by atoms with Crippen LogP contribution in [0, 0.1) is 6.92 Å². The topological polar surface area (TPSA) is 101 Å². The molecule has 1 amide bonds. The van der Waals surface area contributed by atoms with E-state index in [1.54, 1.807) is 35.9 Å². The number of rotatable bonds is 5. The number of amides is 1. The summed E-state index contributed by atoms with van der Waals surface area (Å²) in [5.41, 5.74) is 1.55. The second-order valence-corrected chi connectivity index (χ2v) is 8.79. The molecule has 0 aliphatic carbocycles. The van der Waals surface area contributed by atoms with Crippen molar-refractivity contribution in [2.45, 2.75) is 18.7 Å². The van der Waals surface area contributed by atoms with Gasteiger partial charge < -0.3 is 10.4 Å². The Morgan fingerprint density at radius 3 is 2.68 bits per heavy atom. The summed E-state index contributed by atoms with van der Waals surface area (Å²) < 4.78 is 25.7. The number of carbonyl (C=O) groups excluding carboxylic acids is 1. The van der Waals surface area contributed by atoms with E-state index in [0.717, 1.165) is 0 Å². The number of aromatic nitrogens is 2. The summed E-state index contributed by atoms with van der Waals surface area (Å²) in [6, 6.07) is 10.8. The molecular weight excluding hydrogens is 402 g/mol. The summed E-state index contributed by atoms with van der Waals surface area (Å²) in [5.74, 6) is -0.841. The first-order valence-corrected chi connectivity index (χ1v) is 10.4. The Kier molecular flexibility index (Phi) is 5.44. The van der Waals surface area contributed by atoms with Crippen LogP contribution in [0.15, 0.2) is 53.6 Å². The molecule has 0 saturated heterocycles. The van der Waals surface area contributed by atoms with Crippen molar-refractivity contribution in [3.8, 4) is 11.4 Å². The Morgan fingerprint density at radius 2 is 2.00 bits per heavy atom. The maximum atomic E-state index is 12.7. The summed E-state index contributed by atoms with van der Waals surface area (Å²) in [6.45, 7) is 3.24. The highest BCUT2D eigenvalue weighted by molar-refractivity contribution is 7.91. The molecule has 0 aliphatic heterocycles. The maximum absolute atomic E-state index is 12.7. The van der Waals surface area contributed by atoms with Gasteiger partial charge >= 0.3 is 0 Å². The van der Waals surface area contributed by atoms with E-state index in [4.69, 9.17) is 11.6 Å². The molecule has 146 valence electrons. The zero-order valence-corrected chi connectivity index (χ0v) is 16.8. The third-order valence-electron chi connectivity index (χ3n) is 4.26. The number of phenolic OH excluding ortho intramolecular Hbond substituents is 1. The van der Waals surface area contributed by atoms with E-state index in [0.29, 0.717) is 16.4 Å². The van der Waals surface area contributed by atoms with Crippen LogP contribution >= 0.6 is 11.6 Å². The molecule has 0 saturated carbocycles. The average molecular weight is 420 g/mol. The Morgan fingerprint density at radius 1 is 1.25 bits per heavy atom. The SMILES string of the molecule is CCS(=O)(=O)c1ccc(O)c(NC(=O)c2cnn(-c3cccc(Cl)c3)c2C)c1. The number of phenols is 1. The van der Waals surface area contributed by atoms with Crippen molar-refractivity contribution in [2.24, 2.45) is 0 Å². The summed E-state index contributed by atoms with van der Waals surface area (Å²) in [6.07, 6.45) is 1.40. The second kappa shape index (κ2) is 7.65. The number of hydrogen-bond donors (Lipinski definition) is 2. The standard InChI is InChI=1S/C19H18ClN3O4S/c1-3-28(26,27)15-7-8-18(24)17(10-15)22-19(25)16-11-21-23(12(16)2)14-6-4-5-13(20)9-14/h4-11,24H,3H2,1-2H3,(H,22,25). The predicted octanol–water partition coefficient (Wildman–Crippen LogP) is 3.59. The van der Waals surface area contributed by atoms with E-state index < -0.39 is 15.7 Å². The van der Waals surface area contributed by atoms with Crippen LogP contribution in [0.3, 0.4) is 0 Å². The Hall–Kier alpha value is -2.84. The highest BCUT2D eigenvalue weighted by Crippen LogP contribution is 2.28. The fraction of sp³-hybridized carbons (Fsp3) is 0.158. The highest BCUT2D eigenvalue weighted by Gasteiger charge is 2.19. The average Bonchev–Trinajstić information content (AvgIpc) is 3.05. The van der Waals surface area contributed by atoms with Crippen LogP contribution in [-0.4, -0.2) is 35.0 Å². The van der Waals surface area contributed by atoms with Gasteiger partial charge in [0.2, 0.25) is 0 Å². The van der Waals surface area contributed by atoms with Crippen LogP contribution in [0.2, 0.25) is 5.02 Å². The minimum absolute atomic E-state index is 0.00873. The first-order valence-electron chi connectivity index (χ1n) is 8.40. The lowest BCUT2D eigenvalue weighted by Gasteiger charge is -2.10. The van der Waals surface area contributed by atoms with Crippen molar-refractivity contribution in [1.29, 1.82) is 0 Å². The normalized spacial score (nSPS) is 11.4. The molecule has 1 aromatic heterocycles. The molecule has 3 aromatic rings.